The van der Waals surface area contributed by atoms with Crippen molar-refractivity contribution in [2.45, 2.75) is 25.8 Å². The fourth-order valence-electron chi connectivity index (χ4n) is 1.74. The molecule has 0 aliphatic rings. The van der Waals surface area contributed by atoms with E-state index in [9.17, 15) is 14.3 Å². The smallest absolute Gasteiger partial charge is 0.328 e. The van der Waals surface area contributed by atoms with Crippen molar-refractivity contribution < 1.29 is 14.3 Å². The largest absolute Gasteiger partial charge is 0.480 e. The second-order valence-corrected chi connectivity index (χ2v) is 4.63. The van der Waals surface area contributed by atoms with Gasteiger partial charge >= 0.3 is 5.97 Å². The van der Waals surface area contributed by atoms with Crippen LogP contribution in [0.3, 0.4) is 0 Å². The fourth-order valence-corrected chi connectivity index (χ4v) is 1.74. The predicted octanol–water partition coefficient (Wildman–Crippen LogP) is 2.72. The van der Waals surface area contributed by atoms with Gasteiger partial charge < -0.3 is 5.11 Å². The molecule has 7 heteroatoms. The zero-order valence-corrected chi connectivity index (χ0v) is 11.4. The van der Waals surface area contributed by atoms with Crippen molar-refractivity contribution in [3.63, 3.8) is 0 Å². The van der Waals surface area contributed by atoms with E-state index in [4.69, 9.17) is 5.53 Å². The number of aryl methyl sites for hydroxylation is 1. The van der Waals surface area contributed by atoms with E-state index in [0.717, 1.165) is 0 Å². The number of halogens is 1. The Morgan fingerprint density at radius 2 is 2.30 bits per heavy atom. The van der Waals surface area contributed by atoms with Crippen LogP contribution in [0, 0.1) is 12.7 Å². The molecule has 1 aromatic rings. The third-order valence-corrected chi connectivity index (χ3v) is 3.15. The number of carboxylic acid groups (broad SMARTS) is 1. The number of hydrogen-bond acceptors (Lipinski definition) is 3. The molecule has 0 radical (unpaired) electrons. The van der Waals surface area contributed by atoms with Gasteiger partial charge in [0.25, 0.3) is 0 Å². The first-order chi connectivity index (χ1) is 9.41. The summed E-state index contributed by atoms with van der Waals surface area (Å²) in [6, 6.07) is 4.37. The van der Waals surface area contributed by atoms with Crippen molar-refractivity contribution in [1.29, 1.82) is 0 Å². The van der Waals surface area contributed by atoms with Crippen LogP contribution < -0.4 is 5.32 Å². The van der Waals surface area contributed by atoms with Crippen LogP contribution in [0.25, 0.3) is 10.4 Å². The van der Waals surface area contributed by atoms with Gasteiger partial charge in [0.05, 0.1) is 0 Å². The quantitative estimate of drug-likeness (QED) is 0.347. The summed E-state index contributed by atoms with van der Waals surface area (Å²) >= 11 is 0. The molecule has 0 saturated carbocycles. The molecule has 1 rings (SSSR count). The van der Waals surface area contributed by atoms with Crippen molar-refractivity contribution in [2.24, 2.45) is 5.11 Å². The minimum absolute atomic E-state index is 0.279. The van der Waals surface area contributed by atoms with E-state index >= 15 is 0 Å². The average molecular weight is 280 g/mol. The molecule has 108 valence electrons. The summed E-state index contributed by atoms with van der Waals surface area (Å²) < 4.78 is 13.6. The normalized spacial score (nSPS) is 13.3. The molecular weight excluding hydrogens is 263 g/mol. The summed E-state index contributed by atoms with van der Waals surface area (Å²) in [6.45, 7) is 3.72. The third-order valence-electron chi connectivity index (χ3n) is 3.15. The van der Waals surface area contributed by atoms with E-state index in [1.165, 1.54) is 13.0 Å². The lowest BCUT2D eigenvalue weighted by Gasteiger charge is -2.27. The van der Waals surface area contributed by atoms with Crippen LogP contribution >= 0.6 is 0 Å². The second kappa shape index (κ2) is 6.88. The van der Waals surface area contributed by atoms with Crippen molar-refractivity contribution in [3.05, 3.63) is 45.6 Å². The molecule has 0 spiro atoms. The van der Waals surface area contributed by atoms with Crippen molar-refractivity contribution in [1.82, 2.24) is 5.32 Å². The number of carbonyl (C=O) groups is 1. The van der Waals surface area contributed by atoms with Gasteiger partial charge in [0, 0.05) is 11.5 Å². The maximum atomic E-state index is 13.6. The molecule has 0 saturated heterocycles. The Morgan fingerprint density at radius 1 is 1.60 bits per heavy atom. The first-order valence-corrected chi connectivity index (χ1v) is 6.17. The van der Waals surface area contributed by atoms with Gasteiger partial charge in [-0.15, -0.1) is 0 Å². The Kier molecular flexibility index (Phi) is 5.49. The molecule has 0 bridgehead atoms. The SMILES string of the molecule is Cc1ccc(C(C)(NCCCN=[N+]=[N-])C(=O)O)cc1F. The highest BCUT2D eigenvalue weighted by molar-refractivity contribution is 5.80. The molecular formula is C13H17FN4O2. The molecule has 0 aliphatic carbocycles. The maximum Gasteiger partial charge on any atom is 0.328 e. The van der Waals surface area contributed by atoms with E-state index in [0.29, 0.717) is 24.1 Å². The molecule has 1 unspecified atom stereocenters. The molecule has 20 heavy (non-hydrogen) atoms. The molecule has 0 heterocycles. The second-order valence-electron chi connectivity index (χ2n) is 4.63. The monoisotopic (exact) mass is 280 g/mol. The Bertz CT molecular complexity index is 543. The van der Waals surface area contributed by atoms with Gasteiger partial charge in [-0.2, -0.15) is 0 Å². The molecule has 6 nitrogen and oxygen atoms in total. The van der Waals surface area contributed by atoms with E-state index in [1.807, 2.05) is 0 Å². The lowest BCUT2D eigenvalue weighted by atomic mass is 9.91. The lowest BCUT2D eigenvalue weighted by molar-refractivity contribution is -0.144. The molecule has 0 fully saturated rings. The Balaban J connectivity index is 2.87. The topological polar surface area (TPSA) is 98.1 Å². The van der Waals surface area contributed by atoms with Crippen LogP contribution in [0.15, 0.2) is 23.3 Å². The van der Waals surface area contributed by atoms with Crippen molar-refractivity contribution >= 4 is 5.97 Å². The number of nitrogens with one attached hydrogen (secondary N) is 1. The number of aliphatic carboxylic acids is 1. The summed E-state index contributed by atoms with van der Waals surface area (Å²) in [7, 11) is 0. The fraction of sp³-hybridized carbons (Fsp3) is 0.462. The Morgan fingerprint density at radius 3 is 2.85 bits per heavy atom. The average Bonchev–Trinajstić information content (AvgIpc) is 2.41. The number of carboxylic acids is 1. The lowest BCUT2D eigenvalue weighted by Crippen LogP contribution is -2.47. The number of hydrogen-bond donors (Lipinski definition) is 2. The highest BCUT2D eigenvalue weighted by Gasteiger charge is 2.34. The van der Waals surface area contributed by atoms with Gasteiger partial charge in [0.1, 0.15) is 11.4 Å². The summed E-state index contributed by atoms with van der Waals surface area (Å²) in [5.41, 5.74) is 7.57. The maximum absolute atomic E-state index is 13.6. The van der Waals surface area contributed by atoms with Crippen LogP contribution in [0.1, 0.15) is 24.5 Å². The molecule has 0 amide bonds. The standard InChI is InChI=1S/C13H17FN4O2/c1-9-4-5-10(8-11(9)14)13(2,12(19)20)16-6-3-7-17-18-15/h4-5,8,16H,3,6-7H2,1-2H3,(H,19,20). The van der Waals surface area contributed by atoms with Crippen LogP contribution in [0.5, 0.6) is 0 Å². The number of nitrogens with zero attached hydrogens (tertiary/aromatic N) is 3. The highest BCUT2D eigenvalue weighted by atomic mass is 19.1. The zero-order valence-electron chi connectivity index (χ0n) is 11.4. The van der Waals surface area contributed by atoms with Gasteiger partial charge in [-0.3, -0.25) is 5.32 Å². The van der Waals surface area contributed by atoms with Crippen LogP contribution in [-0.4, -0.2) is 24.2 Å². The summed E-state index contributed by atoms with van der Waals surface area (Å²) in [5, 5.41) is 15.6. The first-order valence-electron chi connectivity index (χ1n) is 6.17. The van der Waals surface area contributed by atoms with Gasteiger partial charge in [-0.25, -0.2) is 9.18 Å². The minimum Gasteiger partial charge on any atom is -0.480 e. The Hall–Kier alpha value is -2.11. The molecule has 0 aliphatic heterocycles. The minimum atomic E-state index is -1.38. The molecule has 0 aromatic heterocycles. The van der Waals surface area contributed by atoms with Gasteiger partial charge in [0.15, 0.2) is 0 Å². The van der Waals surface area contributed by atoms with E-state index in [1.54, 1.807) is 19.1 Å². The third kappa shape index (κ3) is 3.69. The molecule has 2 N–H and O–H groups in total. The first kappa shape index (κ1) is 15.9. The summed E-state index contributed by atoms with van der Waals surface area (Å²) in [6.07, 6.45) is 0.501. The summed E-state index contributed by atoms with van der Waals surface area (Å²) in [5.74, 6) is -1.53. The van der Waals surface area contributed by atoms with E-state index in [2.05, 4.69) is 15.3 Å². The van der Waals surface area contributed by atoms with Crippen molar-refractivity contribution in [3.8, 4) is 0 Å². The molecule has 1 aromatic carbocycles. The number of rotatable bonds is 7. The number of benzene rings is 1. The van der Waals surface area contributed by atoms with Crippen LogP contribution in [0.2, 0.25) is 0 Å². The van der Waals surface area contributed by atoms with E-state index in [-0.39, 0.29) is 6.54 Å². The summed E-state index contributed by atoms with van der Waals surface area (Å²) in [4.78, 5) is 14.1. The van der Waals surface area contributed by atoms with Crippen LogP contribution in [0.4, 0.5) is 4.39 Å². The van der Waals surface area contributed by atoms with Gasteiger partial charge in [-0.05, 0) is 49.5 Å². The zero-order chi connectivity index (χ0) is 15.2. The van der Waals surface area contributed by atoms with E-state index < -0.39 is 17.3 Å². The van der Waals surface area contributed by atoms with Crippen molar-refractivity contribution in [2.75, 3.05) is 13.1 Å². The Labute approximate surface area is 116 Å². The highest BCUT2D eigenvalue weighted by Crippen LogP contribution is 2.23. The predicted molar refractivity (Wildman–Crippen MR) is 72.8 cm³/mol. The van der Waals surface area contributed by atoms with Gasteiger partial charge in [-0.1, -0.05) is 17.2 Å². The van der Waals surface area contributed by atoms with Gasteiger partial charge in [0.2, 0.25) is 0 Å². The van der Waals surface area contributed by atoms with Crippen LogP contribution in [-0.2, 0) is 10.3 Å². The molecule has 1 atom stereocenters. The number of azide groups is 1.